The highest BCUT2D eigenvalue weighted by atomic mass is 16.7. The molecule has 10 atom stereocenters. The summed E-state index contributed by atoms with van der Waals surface area (Å²) in [6.07, 6.45) is 11.8. The molecular formula is C36H56O5. The predicted octanol–water partition coefficient (Wildman–Crippen LogP) is 8.71. The Hall–Kier alpha value is -1.39. The molecule has 6 aliphatic carbocycles. The Balaban J connectivity index is 1.22. The van der Waals surface area contributed by atoms with Crippen LogP contribution in [0.15, 0.2) is 0 Å². The van der Waals surface area contributed by atoms with Crippen LogP contribution in [-0.2, 0) is 19.1 Å². The normalized spacial score (nSPS) is 51.2. The maximum absolute atomic E-state index is 12.7. The molecule has 0 amide bonds. The van der Waals surface area contributed by atoms with Gasteiger partial charge in [0.25, 0.3) is 0 Å². The van der Waals surface area contributed by atoms with E-state index in [4.69, 9.17) is 9.47 Å². The van der Waals surface area contributed by atoms with Crippen LogP contribution in [0.1, 0.15) is 139 Å². The van der Waals surface area contributed by atoms with Crippen molar-refractivity contribution < 1.29 is 23.9 Å². The topological polar surface area (TPSA) is 69.7 Å². The molecular weight excluding hydrogens is 512 g/mol. The van der Waals surface area contributed by atoms with Crippen LogP contribution < -0.4 is 0 Å². The lowest BCUT2D eigenvalue weighted by Gasteiger charge is -2.75. The minimum Gasteiger partial charge on any atom is -0.431 e. The first-order chi connectivity index (χ1) is 19.0. The second-order valence-corrected chi connectivity index (χ2v) is 17.8. The SMILES string of the molecule is C[C@H]1[C@@H](OC(=O)OC2C(=O)CCC2=O)CC[C@@H]2[C@]1(C)CC[C@H]1[C@@]2(C)CC[C@@]2(C)[C@@H]3CC(C)(C)CC[C@]3(C)CC[C@]12C. The van der Waals surface area contributed by atoms with E-state index in [1.165, 1.54) is 57.8 Å². The zero-order valence-electron chi connectivity index (χ0n) is 27.2. The molecule has 0 spiro atoms. The van der Waals surface area contributed by atoms with Crippen LogP contribution in [0.2, 0.25) is 0 Å². The molecule has 230 valence electrons. The van der Waals surface area contributed by atoms with Gasteiger partial charge in [0.15, 0.2) is 11.6 Å². The molecule has 6 fully saturated rings. The van der Waals surface area contributed by atoms with E-state index in [9.17, 15) is 14.4 Å². The third kappa shape index (κ3) is 4.15. The van der Waals surface area contributed by atoms with Crippen molar-refractivity contribution in [3.8, 4) is 0 Å². The lowest BCUT2D eigenvalue weighted by molar-refractivity contribution is -0.263. The van der Waals surface area contributed by atoms with Crippen molar-refractivity contribution in [2.45, 2.75) is 151 Å². The zero-order valence-corrected chi connectivity index (χ0v) is 27.2. The van der Waals surface area contributed by atoms with Gasteiger partial charge in [0.2, 0.25) is 6.10 Å². The van der Waals surface area contributed by atoms with Crippen molar-refractivity contribution >= 4 is 17.7 Å². The lowest BCUT2D eigenvalue weighted by Crippen LogP contribution is -2.68. The average Bonchev–Trinajstić information content (AvgIpc) is 3.21. The maximum Gasteiger partial charge on any atom is 0.509 e. The highest BCUT2D eigenvalue weighted by molar-refractivity contribution is 6.12. The minimum absolute atomic E-state index is 0.0908. The Labute approximate surface area is 248 Å². The van der Waals surface area contributed by atoms with Crippen LogP contribution in [0.4, 0.5) is 4.79 Å². The fourth-order valence-corrected chi connectivity index (χ4v) is 12.6. The molecule has 0 saturated heterocycles. The van der Waals surface area contributed by atoms with Gasteiger partial charge in [-0.1, -0.05) is 55.4 Å². The molecule has 0 heterocycles. The molecule has 5 heteroatoms. The van der Waals surface area contributed by atoms with Crippen LogP contribution in [0.3, 0.4) is 0 Å². The molecule has 0 unspecified atom stereocenters. The molecule has 0 radical (unpaired) electrons. The van der Waals surface area contributed by atoms with E-state index in [0.29, 0.717) is 33.0 Å². The van der Waals surface area contributed by atoms with E-state index in [1.54, 1.807) is 0 Å². The molecule has 5 nitrogen and oxygen atoms in total. The maximum atomic E-state index is 12.7. The van der Waals surface area contributed by atoms with Crippen molar-refractivity contribution in [3.63, 3.8) is 0 Å². The third-order valence-electron chi connectivity index (χ3n) is 15.6. The fraction of sp³-hybridized carbons (Fsp3) is 0.917. The van der Waals surface area contributed by atoms with E-state index in [0.717, 1.165) is 24.7 Å². The highest BCUT2D eigenvalue weighted by Crippen LogP contribution is 2.78. The van der Waals surface area contributed by atoms with Gasteiger partial charge in [-0.15, -0.1) is 0 Å². The first-order valence-electron chi connectivity index (χ1n) is 16.9. The number of Topliss-reactive ketones (excluding diaryl/α,β-unsaturated/α-hetero) is 2. The van der Waals surface area contributed by atoms with Gasteiger partial charge in [-0.2, -0.15) is 0 Å². The van der Waals surface area contributed by atoms with Gasteiger partial charge in [0, 0.05) is 12.8 Å². The van der Waals surface area contributed by atoms with Gasteiger partial charge in [0.1, 0.15) is 6.10 Å². The van der Waals surface area contributed by atoms with Gasteiger partial charge >= 0.3 is 6.16 Å². The van der Waals surface area contributed by atoms with Crippen molar-refractivity contribution in [1.82, 2.24) is 0 Å². The number of hydrogen-bond acceptors (Lipinski definition) is 5. The molecule has 0 N–H and O–H groups in total. The number of carbonyl (C=O) groups is 3. The Morgan fingerprint density at radius 3 is 1.95 bits per heavy atom. The summed E-state index contributed by atoms with van der Waals surface area (Å²) in [5.41, 5.74) is 2.08. The molecule has 6 aliphatic rings. The largest absolute Gasteiger partial charge is 0.509 e. The van der Waals surface area contributed by atoms with Crippen LogP contribution in [0.5, 0.6) is 0 Å². The predicted molar refractivity (Wildman–Crippen MR) is 159 cm³/mol. The average molecular weight is 569 g/mol. The molecule has 0 aliphatic heterocycles. The Bertz CT molecular complexity index is 1110. The van der Waals surface area contributed by atoms with Gasteiger partial charge in [0.05, 0.1) is 0 Å². The first kappa shape index (κ1) is 29.7. The summed E-state index contributed by atoms with van der Waals surface area (Å²) in [7, 11) is 0. The van der Waals surface area contributed by atoms with E-state index in [1.807, 2.05) is 0 Å². The summed E-state index contributed by atoms with van der Waals surface area (Å²) in [5.74, 6) is 1.74. The van der Waals surface area contributed by atoms with E-state index in [-0.39, 0.29) is 41.8 Å². The first-order valence-corrected chi connectivity index (χ1v) is 16.9. The summed E-state index contributed by atoms with van der Waals surface area (Å²) in [5, 5.41) is 0. The molecule has 0 aromatic heterocycles. The second kappa shape index (κ2) is 9.31. The summed E-state index contributed by atoms with van der Waals surface area (Å²) in [6, 6.07) is 0. The highest BCUT2D eigenvalue weighted by Gasteiger charge is 2.71. The van der Waals surface area contributed by atoms with Gasteiger partial charge < -0.3 is 9.47 Å². The monoisotopic (exact) mass is 568 g/mol. The van der Waals surface area contributed by atoms with Gasteiger partial charge in [-0.05, 0) is 127 Å². The number of ketones is 2. The summed E-state index contributed by atoms with van der Waals surface area (Å²) in [6.45, 7) is 20.5. The Morgan fingerprint density at radius 1 is 0.659 bits per heavy atom. The van der Waals surface area contributed by atoms with Crippen molar-refractivity contribution in [1.29, 1.82) is 0 Å². The molecule has 6 rings (SSSR count). The van der Waals surface area contributed by atoms with Crippen LogP contribution >= 0.6 is 0 Å². The molecule has 0 bridgehead atoms. The molecule has 0 aromatic carbocycles. The standard InChI is InChI=1S/C36H56O5/c1-22-25(40-30(39)41-29-23(37)9-10-24(29)38)11-12-26-33(22,5)14-13-27-34(26,6)18-20-36(8)28-21-31(2,3)15-16-32(28,4)17-19-35(27,36)7/h22,25-29H,9-21H2,1-8H3/t22-,25-,26+,27-,28+,32+,33+,34-,35+,36-/m0/s1. The quantitative estimate of drug-likeness (QED) is 0.246. The zero-order chi connectivity index (χ0) is 29.8. The minimum atomic E-state index is -1.26. The van der Waals surface area contributed by atoms with Crippen molar-refractivity contribution in [3.05, 3.63) is 0 Å². The van der Waals surface area contributed by atoms with E-state index >= 15 is 0 Å². The van der Waals surface area contributed by atoms with Crippen molar-refractivity contribution in [2.24, 2.45) is 56.2 Å². The lowest BCUT2D eigenvalue weighted by atomic mass is 9.30. The van der Waals surface area contributed by atoms with Crippen molar-refractivity contribution in [2.75, 3.05) is 0 Å². The fourth-order valence-electron chi connectivity index (χ4n) is 12.6. The van der Waals surface area contributed by atoms with E-state index in [2.05, 4.69) is 55.4 Å². The van der Waals surface area contributed by atoms with E-state index < -0.39 is 12.3 Å². The summed E-state index contributed by atoms with van der Waals surface area (Å²) >= 11 is 0. The number of carbonyl (C=O) groups excluding carboxylic acids is 3. The second-order valence-electron chi connectivity index (χ2n) is 17.8. The van der Waals surface area contributed by atoms with Crippen LogP contribution in [-0.4, -0.2) is 29.9 Å². The summed E-state index contributed by atoms with van der Waals surface area (Å²) < 4.78 is 11.1. The molecule has 6 saturated carbocycles. The molecule has 41 heavy (non-hydrogen) atoms. The Kier molecular flexibility index (Phi) is 6.73. The number of ether oxygens (including phenoxy) is 2. The van der Waals surface area contributed by atoms with Gasteiger partial charge in [-0.3, -0.25) is 9.59 Å². The number of hydrogen-bond donors (Lipinski definition) is 0. The number of fused-ring (bicyclic) bond motifs is 7. The molecule has 0 aromatic rings. The summed E-state index contributed by atoms with van der Waals surface area (Å²) in [4.78, 5) is 36.7. The van der Waals surface area contributed by atoms with Gasteiger partial charge in [-0.25, -0.2) is 4.79 Å². The third-order valence-corrected chi connectivity index (χ3v) is 15.6. The number of rotatable bonds is 2. The smallest absolute Gasteiger partial charge is 0.431 e. The van der Waals surface area contributed by atoms with Crippen LogP contribution in [0.25, 0.3) is 0 Å². The van der Waals surface area contributed by atoms with Crippen LogP contribution in [0, 0.1) is 56.2 Å². The Morgan fingerprint density at radius 2 is 1.27 bits per heavy atom.